The monoisotopic (exact) mass is 303 g/mol. The minimum Gasteiger partial charge on any atom is -0.366 e. The molecule has 5 heteroatoms. The summed E-state index contributed by atoms with van der Waals surface area (Å²) < 4.78 is 5.56. The van der Waals surface area contributed by atoms with Gasteiger partial charge in [-0.1, -0.05) is 29.8 Å². The van der Waals surface area contributed by atoms with Crippen LogP contribution < -0.4 is 5.32 Å². The lowest BCUT2D eigenvalue weighted by atomic mass is 10.1. The second-order valence-electron chi connectivity index (χ2n) is 6.15. The standard InChI is InChI=1S/C17H25N3O2/c1-14-3-2-4-15(11-14)13-19-6-8-20(9-7-19)17(21)16-12-18-5-10-22-16/h2-4,11,16,18H,5-10,12-13H2,1H3. The van der Waals surface area contributed by atoms with Gasteiger partial charge in [0.1, 0.15) is 6.10 Å². The number of rotatable bonds is 3. The molecule has 1 unspecified atom stereocenters. The van der Waals surface area contributed by atoms with E-state index >= 15 is 0 Å². The summed E-state index contributed by atoms with van der Waals surface area (Å²) in [5.74, 6) is 0.141. The molecule has 0 aromatic heterocycles. The van der Waals surface area contributed by atoms with Crippen LogP contribution in [0.3, 0.4) is 0 Å². The highest BCUT2D eigenvalue weighted by atomic mass is 16.5. The third kappa shape index (κ3) is 3.85. The van der Waals surface area contributed by atoms with E-state index in [9.17, 15) is 4.79 Å². The molecule has 2 aliphatic heterocycles. The Labute approximate surface area is 132 Å². The van der Waals surface area contributed by atoms with E-state index < -0.39 is 0 Å². The molecule has 2 heterocycles. The number of morpholine rings is 1. The summed E-state index contributed by atoms with van der Waals surface area (Å²) in [7, 11) is 0. The smallest absolute Gasteiger partial charge is 0.253 e. The number of nitrogens with one attached hydrogen (secondary N) is 1. The molecule has 120 valence electrons. The maximum absolute atomic E-state index is 12.4. The molecule has 0 saturated carbocycles. The van der Waals surface area contributed by atoms with E-state index in [1.54, 1.807) is 0 Å². The second-order valence-corrected chi connectivity index (χ2v) is 6.15. The molecule has 1 atom stereocenters. The molecule has 1 amide bonds. The number of carbonyl (C=O) groups is 1. The Morgan fingerprint density at radius 1 is 1.32 bits per heavy atom. The molecule has 0 bridgehead atoms. The van der Waals surface area contributed by atoms with E-state index in [0.717, 1.165) is 39.3 Å². The first-order chi connectivity index (χ1) is 10.7. The Balaban J connectivity index is 1.48. The first-order valence-electron chi connectivity index (χ1n) is 8.11. The number of aryl methyl sites for hydroxylation is 1. The van der Waals surface area contributed by atoms with Gasteiger partial charge in [-0.15, -0.1) is 0 Å². The van der Waals surface area contributed by atoms with Gasteiger partial charge >= 0.3 is 0 Å². The molecule has 5 nitrogen and oxygen atoms in total. The third-order valence-corrected chi connectivity index (χ3v) is 4.38. The van der Waals surface area contributed by atoms with Gasteiger partial charge in [-0.25, -0.2) is 0 Å². The fraction of sp³-hybridized carbons (Fsp3) is 0.588. The predicted molar refractivity (Wildman–Crippen MR) is 85.6 cm³/mol. The number of piperazine rings is 1. The van der Waals surface area contributed by atoms with Gasteiger partial charge in [0, 0.05) is 45.8 Å². The van der Waals surface area contributed by atoms with Crippen LogP contribution in [0.5, 0.6) is 0 Å². The SMILES string of the molecule is Cc1cccc(CN2CCN(C(=O)C3CNCCO3)CC2)c1. The van der Waals surface area contributed by atoms with Crippen LogP contribution in [0.15, 0.2) is 24.3 Å². The summed E-state index contributed by atoms with van der Waals surface area (Å²) in [5, 5.41) is 3.22. The van der Waals surface area contributed by atoms with Crippen LogP contribution in [0.2, 0.25) is 0 Å². The molecule has 0 radical (unpaired) electrons. The number of amides is 1. The van der Waals surface area contributed by atoms with Crippen LogP contribution in [0.1, 0.15) is 11.1 Å². The fourth-order valence-electron chi connectivity index (χ4n) is 3.12. The predicted octanol–water partition coefficient (Wildman–Crippen LogP) is 0.628. The number of nitrogens with zero attached hydrogens (tertiary/aromatic N) is 2. The molecular formula is C17H25N3O2. The van der Waals surface area contributed by atoms with Crippen molar-refractivity contribution in [3.05, 3.63) is 35.4 Å². The van der Waals surface area contributed by atoms with E-state index in [0.29, 0.717) is 13.2 Å². The third-order valence-electron chi connectivity index (χ3n) is 4.38. The number of hydrogen-bond donors (Lipinski definition) is 1. The molecule has 22 heavy (non-hydrogen) atoms. The summed E-state index contributed by atoms with van der Waals surface area (Å²) in [4.78, 5) is 16.8. The van der Waals surface area contributed by atoms with Crippen LogP contribution in [-0.4, -0.2) is 67.7 Å². The highest BCUT2D eigenvalue weighted by molar-refractivity contribution is 5.81. The normalized spacial score (nSPS) is 23.5. The van der Waals surface area contributed by atoms with Gasteiger partial charge in [-0.3, -0.25) is 9.69 Å². The lowest BCUT2D eigenvalue weighted by molar-refractivity contribution is -0.147. The van der Waals surface area contributed by atoms with E-state index in [4.69, 9.17) is 4.74 Å². The van der Waals surface area contributed by atoms with E-state index in [1.807, 2.05) is 4.90 Å². The van der Waals surface area contributed by atoms with Crippen molar-refractivity contribution in [2.24, 2.45) is 0 Å². The van der Waals surface area contributed by atoms with Crippen molar-refractivity contribution in [2.75, 3.05) is 45.9 Å². The highest BCUT2D eigenvalue weighted by Gasteiger charge is 2.29. The van der Waals surface area contributed by atoms with Crippen molar-refractivity contribution in [1.29, 1.82) is 0 Å². The summed E-state index contributed by atoms with van der Waals surface area (Å²) in [6.07, 6.45) is -0.294. The summed E-state index contributed by atoms with van der Waals surface area (Å²) in [6.45, 7) is 8.65. The zero-order valence-electron chi connectivity index (χ0n) is 13.3. The van der Waals surface area contributed by atoms with Gasteiger partial charge in [0.15, 0.2) is 0 Å². The highest BCUT2D eigenvalue weighted by Crippen LogP contribution is 2.12. The molecule has 2 aliphatic rings. The second kappa shape index (κ2) is 7.22. The van der Waals surface area contributed by atoms with E-state index in [2.05, 4.69) is 41.4 Å². The quantitative estimate of drug-likeness (QED) is 0.889. The molecule has 2 fully saturated rings. The largest absolute Gasteiger partial charge is 0.366 e. The van der Waals surface area contributed by atoms with Gasteiger partial charge < -0.3 is 15.0 Å². The van der Waals surface area contributed by atoms with Crippen LogP contribution in [-0.2, 0) is 16.1 Å². The van der Waals surface area contributed by atoms with Crippen molar-refractivity contribution < 1.29 is 9.53 Å². The molecular weight excluding hydrogens is 278 g/mol. The minimum atomic E-state index is -0.294. The van der Waals surface area contributed by atoms with Gasteiger partial charge in [-0.2, -0.15) is 0 Å². The average Bonchev–Trinajstić information content (AvgIpc) is 2.56. The van der Waals surface area contributed by atoms with Crippen molar-refractivity contribution in [3.8, 4) is 0 Å². The number of hydrogen-bond acceptors (Lipinski definition) is 4. The molecule has 1 aromatic rings. The van der Waals surface area contributed by atoms with E-state index in [1.165, 1.54) is 11.1 Å². The van der Waals surface area contributed by atoms with Gasteiger partial charge in [0.05, 0.1) is 6.61 Å². The Hall–Kier alpha value is -1.43. The maximum atomic E-state index is 12.4. The number of carbonyl (C=O) groups excluding carboxylic acids is 1. The topological polar surface area (TPSA) is 44.8 Å². The molecule has 0 spiro atoms. The fourth-order valence-corrected chi connectivity index (χ4v) is 3.12. The van der Waals surface area contributed by atoms with Crippen LogP contribution in [0.25, 0.3) is 0 Å². The zero-order valence-corrected chi connectivity index (χ0v) is 13.3. The molecule has 1 aromatic carbocycles. The van der Waals surface area contributed by atoms with Crippen LogP contribution >= 0.6 is 0 Å². The van der Waals surface area contributed by atoms with Gasteiger partial charge in [0.2, 0.25) is 0 Å². The maximum Gasteiger partial charge on any atom is 0.253 e. The lowest BCUT2D eigenvalue weighted by Crippen LogP contribution is -2.54. The number of ether oxygens (including phenoxy) is 1. The minimum absolute atomic E-state index is 0.141. The number of benzene rings is 1. The molecule has 2 saturated heterocycles. The summed E-state index contributed by atoms with van der Waals surface area (Å²) >= 11 is 0. The molecule has 1 N–H and O–H groups in total. The Kier molecular flexibility index (Phi) is 5.08. The van der Waals surface area contributed by atoms with Crippen molar-refractivity contribution in [3.63, 3.8) is 0 Å². The average molecular weight is 303 g/mol. The van der Waals surface area contributed by atoms with Crippen molar-refractivity contribution in [1.82, 2.24) is 15.1 Å². The van der Waals surface area contributed by atoms with Crippen LogP contribution in [0, 0.1) is 6.92 Å². The molecule has 3 rings (SSSR count). The summed E-state index contributed by atoms with van der Waals surface area (Å²) in [6, 6.07) is 8.64. The first kappa shape index (κ1) is 15.5. The van der Waals surface area contributed by atoms with Crippen molar-refractivity contribution in [2.45, 2.75) is 19.6 Å². The summed E-state index contributed by atoms with van der Waals surface area (Å²) in [5.41, 5.74) is 2.65. The van der Waals surface area contributed by atoms with Gasteiger partial charge in [0.25, 0.3) is 5.91 Å². The van der Waals surface area contributed by atoms with Crippen molar-refractivity contribution >= 4 is 5.91 Å². The molecule has 0 aliphatic carbocycles. The Bertz CT molecular complexity index is 506. The van der Waals surface area contributed by atoms with Crippen LogP contribution in [0.4, 0.5) is 0 Å². The Morgan fingerprint density at radius 3 is 2.82 bits per heavy atom. The lowest BCUT2D eigenvalue weighted by Gasteiger charge is -2.37. The van der Waals surface area contributed by atoms with Gasteiger partial charge in [-0.05, 0) is 12.5 Å². The Morgan fingerprint density at radius 2 is 2.14 bits per heavy atom. The zero-order chi connectivity index (χ0) is 15.4. The first-order valence-corrected chi connectivity index (χ1v) is 8.11. The van der Waals surface area contributed by atoms with E-state index in [-0.39, 0.29) is 12.0 Å².